The predicted molar refractivity (Wildman–Crippen MR) is 90.0 cm³/mol. The van der Waals surface area contributed by atoms with Crippen LogP contribution in [0.4, 0.5) is 0 Å². The highest BCUT2D eigenvalue weighted by molar-refractivity contribution is 6.42. The van der Waals surface area contributed by atoms with Crippen LogP contribution in [0.1, 0.15) is 30.9 Å². The monoisotopic (exact) mass is 371 g/mol. The molecule has 2 heterocycles. The van der Waals surface area contributed by atoms with Crippen LogP contribution >= 0.6 is 23.2 Å². The van der Waals surface area contributed by atoms with Gasteiger partial charge in [-0.15, -0.1) is 0 Å². The maximum Gasteiger partial charge on any atom is 0.311 e. The van der Waals surface area contributed by atoms with E-state index in [0.29, 0.717) is 36.2 Å². The van der Waals surface area contributed by atoms with Crippen LogP contribution in [0, 0.1) is 5.92 Å². The highest BCUT2D eigenvalue weighted by Crippen LogP contribution is 2.35. The first-order valence-electron chi connectivity index (χ1n) is 8.05. The van der Waals surface area contributed by atoms with E-state index in [-0.39, 0.29) is 30.4 Å². The lowest BCUT2D eigenvalue weighted by atomic mass is 10.0. The van der Waals surface area contributed by atoms with Gasteiger partial charge in [-0.3, -0.25) is 9.59 Å². The molecule has 7 heteroatoms. The fourth-order valence-electron chi connectivity index (χ4n) is 3.19. The molecule has 2 saturated heterocycles. The van der Waals surface area contributed by atoms with Gasteiger partial charge in [0, 0.05) is 13.2 Å². The molecule has 0 radical (unpaired) electrons. The molecule has 1 aromatic rings. The molecule has 130 valence electrons. The molecule has 0 aromatic heterocycles. The van der Waals surface area contributed by atoms with E-state index in [0.717, 1.165) is 18.4 Å². The van der Waals surface area contributed by atoms with Crippen molar-refractivity contribution in [1.82, 2.24) is 4.90 Å². The van der Waals surface area contributed by atoms with Crippen LogP contribution < -0.4 is 0 Å². The average molecular weight is 372 g/mol. The largest absolute Gasteiger partial charge is 0.455 e. The van der Waals surface area contributed by atoms with Gasteiger partial charge in [-0.1, -0.05) is 29.3 Å². The maximum atomic E-state index is 12.5. The summed E-state index contributed by atoms with van der Waals surface area (Å²) >= 11 is 12.0. The number of carbonyl (C=O) groups excluding carboxylic acids is 2. The minimum absolute atomic E-state index is 0.0548. The highest BCUT2D eigenvalue weighted by atomic mass is 35.5. The lowest BCUT2D eigenvalue weighted by molar-refractivity contribution is -0.155. The van der Waals surface area contributed by atoms with Crippen molar-refractivity contribution in [3.63, 3.8) is 0 Å². The Hall–Kier alpha value is -1.30. The molecule has 0 bridgehead atoms. The maximum absolute atomic E-state index is 12.5. The van der Waals surface area contributed by atoms with E-state index in [1.807, 2.05) is 6.07 Å². The van der Waals surface area contributed by atoms with E-state index >= 15 is 0 Å². The van der Waals surface area contributed by atoms with Crippen molar-refractivity contribution in [3.8, 4) is 0 Å². The number of hydrogen-bond acceptors (Lipinski definition) is 4. The van der Waals surface area contributed by atoms with Gasteiger partial charge in [0.15, 0.2) is 6.61 Å². The fourth-order valence-corrected chi connectivity index (χ4v) is 3.49. The van der Waals surface area contributed by atoms with E-state index in [2.05, 4.69) is 0 Å². The molecule has 2 atom stereocenters. The van der Waals surface area contributed by atoms with E-state index in [1.54, 1.807) is 17.0 Å². The molecule has 0 saturated carbocycles. The van der Waals surface area contributed by atoms with Gasteiger partial charge < -0.3 is 14.4 Å². The first-order chi connectivity index (χ1) is 11.6. The van der Waals surface area contributed by atoms with Gasteiger partial charge in [-0.05, 0) is 37.0 Å². The number of hydrogen-bond donors (Lipinski definition) is 0. The Labute approximate surface area is 150 Å². The summed E-state index contributed by atoms with van der Waals surface area (Å²) in [7, 11) is 0. The zero-order valence-electron chi connectivity index (χ0n) is 13.2. The Morgan fingerprint density at radius 2 is 2.08 bits per heavy atom. The zero-order chi connectivity index (χ0) is 17.1. The molecule has 5 nitrogen and oxygen atoms in total. The molecule has 1 aromatic carbocycles. The third-order valence-electron chi connectivity index (χ3n) is 4.50. The number of halogens is 2. The number of ether oxygens (including phenoxy) is 2. The minimum atomic E-state index is -0.355. The number of esters is 1. The van der Waals surface area contributed by atoms with Crippen molar-refractivity contribution in [2.75, 3.05) is 26.4 Å². The van der Waals surface area contributed by atoms with Crippen LogP contribution in [0.3, 0.4) is 0 Å². The van der Waals surface area contributed by atoms with Crippen molar-refractivity contribution in [2.45, 2.75) is 25.3 Å². The zero-order valence-corrected chi connectivity index (χ0v) is 14.7. The second-order valence-corrected chi connectivity index (χ2v) is 6.90. The molecule has 2 aliphatic heterocycles. The summed E-state index contributed by atoms with van der Waals surface area (Å²) in [4.78, 5) is 26.1. The van der Waals surface area contributed by atoms with Crippen molar-refractivity contribution in [2.24, 2.45) is 5.92 Å². The fraction of sp³-hybridized carbons (Fsp3) is 0.529. The number of carbonyl (C=O) groups is 2. The second kappa shape index (κ2) is 7.72. The molecular weight excluding hydrogens is 353 g/mol. The van der Waals surface area contributed by atoms with Gasteiger partial charge in [0.2, 0.25) is 0 Å². The Morgan fingerprint density at radius 3 is 2.79 bits per heavy atom. The standard InChI is InChI=1S/C17H19Cl2NO4/c18-13-4-3-11(8-14(13)19)15-2-1-6-20(15)16(21)10-24-17(22)12-5-7-23-9-12/h3-4,8,12,15H,1-2,5-7,9-10H2/t12-,15-/m1/s1. The normalized spacial score (nSPS) is 23.5. The lowest BCUT2D eigenvalue weighted by Gasteiger charge is -2.25. The molecule has 0 N–H and O–H groups in total. The Bertz CT molecular complexity index is 631. The van der Waals surface area contributed by atoms with E-state index in [9.17, 15) is 9.59 Å². The van der Waals surface area contributed by atoms with Gasteiger partial charge in [-0.25, -0.2) is 0 Å². The molecule has 2 fully saturated rings. The molecule has 3 rings (SSSR count). The van der Waals surface area contributed by atoms with Crippen LogP contribution in [0.25, 0.3) is 0 Å². The number of benzene rings is 1. The van der Waals surface area contributed by atoms with Crippen molar-refractivity contribution in [1.29, 1.82) is 0 Å². The van der Waals surface area contributed by atoms with E-state index in [4.69, 9.17) is 32.7 Å². The first kappa shape index (κ1) is 17.5. The summed E-state index contributed by atoms with van der Waals surface area (Å²) < 4.78 is 10.3. The molecule has 2 aliphatic rings. The summed E-state index contributed by atoms with van der Waals surface area (Å²) in [6, 6.07) is 5.36. The summed E-state index contributed by atoms with van der Waals surface area (Å²) in [6.07, 6.45) is 2.41. The van der Waals surface area contributed by atoms with Crippen LogP contribution in [-0.2, 0) is 19.1 Å². The van der Waals surface area contributed by atoms with E-state index in [1.165, 1.54) is 0 Å². The molecule has 0 aliphatic carbocycles. The number of likely N-dealkylation sites (tertiary alicyclic amines) is 1. The average Bonchev–Trinajstić information content (AvgIpc) is 3.26. The summed E-state index contributed by atoms with van der Waals surface area (Å²) in [5, 5.41) is 0.963. The van der Waals surface area contributed by atoms with Gasteiger partial charge >= 0.3 is 5.97 Å². The topological polar surface area (TPSA) is 55.8 Å². The highest BCUT2D eigenvalue weighted by Gasteiger charge is 2.32. The van der Waals surface area contributed by atoms with Gasteiger partial charge in [-0.2, -0.15) is 0 Å². The Balaban J connectivity index is 1.60. The second-order valence-electron chi connectivity index (χ2n) is 6.09. The van der Waals surface area contributed by atoms with Crippen LogP contribution in [-0.4, -0.2) is 43.1 Å². The number of rotatable bonds is 4. The molecular formula is C17H19Cl2NO4. The Kier molecular flexibility index (Phi) is 5.64. The molecule has 1 amide bonds. The van der Waals surface area contributed by atoms with Crippen LogP contribution in [0.5, 0.6) is 0 Å². The third-order valence-corrected chi connectivity index (χ3v) is 5.24. The predicted octanol–water partition coefficient (Wildman–Crippen LogP) is 3.24. The quantitative estimate of drug-likeness (QED) is 0.762. The van der Waals surface area contributed by atoms with E-state index < -0.39 is 0 Å². The third kappa shape index (κ3) is 3.85. The molecule has 0 spiro atoms. The Morgan fingerprint density at radius 1 is 1.25 bits per heavy atom. The molecule has 24 heavy (non-hydrogen) atoms. The number of nitrogens with zero attached hydrogens (tertiary/aromatic N) is 1. The summed E-state index contributed by atoms with van der Waals surface area (Å²) in [5.41, 5.74) is 0.950. The van der Waals surface area contributed by atoms with Crippen molar-refractivity contribution in [3.05, 3.63) is 33.8 Å². The molecule has 0 unspecified atom stereocenters. The smallest absolute Gasteiger partial charge is 0.311 e. The van der Waals surface area contributed by atoms with Gasteiger partial charge in [0.25, 0.3) is 5.91 Å². The first-order valence-corrected chi connectivity index (χ1v) is 8.80. The summed E-state index contributed by atoms with van der Waals surface area (Å²) in [5.74, 6) is -0.788. The van der Waals surface area contributed by atoms with Crippen molar-refractivity contribution < 1.29 is 19.1 Å². The van der Waals surface area contributed by atoms with Gasteiger partial charge in [0.05, 0.1) is 28.6 Å². The van der Waals surface area contributed by atoms with Gasteiger partial charge in [0.1, 0.15) is 0 Å². The summed E-state index contributed by atoms with van der Waals surface area (Å²) in [6.45, 7) is 1.36. The number of amides is 1. The minimum Gasteiger partial charge on any atom is -0.455 e. The van der Waals surface area contributed by atoms with Crippen LogP contribution in [0.15, 0.2) is 18.2 Å². The van der Waals surface area contributed by atoms with Crippen LogP contribution in [0.2, 0.25) is 10.0 Å². The van der Waals surface area contributed by atoms with Crippen molar-refractivity contribution >= 4 is 35.1 Å². The SMILES string of the molecule is O=C(OCC(=O)N1CCC[C@@H]1c1ccc(Cl)c(Cl)c1)[C@@H]1CCOC1. The lowest BCUT2D eigenvalue weighted by Crippen LogP contribution is -2.35.